The lowest BCUT2D eigenvalue weighted by Gasteiger charge is -2.30. The molecule has 21 heavy (non-hydrogen) atoms. The second-order valence-corrected chi connectivity index (χ2v) is 8.14. The lowest BCUT2D eigenvalue weighted by Crippen LogP contribution is -2.44. The van der Waals surface area contributed by atoms with Crippen LogP contribution in [0.25, 0.3) is 0 Å². The van der Waals surface area contributed by atoms with Gasteiger partial charge >= 0.3 is 0 Å². The normalized spacial score (nSPS) is 25.4. The molecular formula is C15H22N2O2S2. The summed E-state index contributed by atoms with van der Waals surface area (Å²) >= 11 is 3.44. The number of nitrogens with zero attached hydrogens (tertiary/aromatic N) is 1. The van der Waals surface area contributed by atoms with Crippen molar-refractivity contribution in [2.45, 2.75) is 38.3 Å². The number of hydrogen-bond acceptors (Lipinski definition) is 5. The molecule has 0 aliphatic carbocycles. The van der Waals surface area contributed by atoms with Gasteiger partial charge in [-0.15, -0.1) is 11.3 Å². The van der Waals surface area contributed by atoms with E-state index in [0.717, 1.165) is 59.4 Å². The van der Waals surface area contributed by atoms with Crippen molar-refractivity contribution in [1.29, 1.82) is 0 Å². The molecule has 2 atom stereocenters. The number of rotatable bonds is 4. The van der Waals surface area contributed by atoms with Gasteiger partial charge in [0.1, 0.15) is 0 Å². The molecule has 1 aromatic heterocycles. The summed E-state index contributed by atoms with van der Waals surface area (Å²) < 4.78 is 5.74. The van der Waals surface area contributed by atoms with Crippen molar-refractivity contribution in [3.05, 3.63) is 15.8 Å². The summed E-state index contributed by atoms with van der Waals surface area (Å²) in [5.74, 6) is 2.31. The first-order valence-corrected chi connectivity index (χ1v) is 9.48. The van der Waals surface area contributed by atoms with E-state index in [4.69, 9.17) is 10.5 Å². The second-order valence-electron chi connectivity index (χ2n) is 5.73. The van der Waals surface area contributed by atoms with Gasteiger partial charge in [-0.3, -0.25) is 4.79 Å². The minimum atomic E-state index is 0.128. The number of hydrogen-bond donors (Lipinski definition) is 1. The van der Waals surface area contributed by atoms with Gasteiger partial charge in [0.15, 0.2) is 0 Å². The number of nitrogens with two attached hydrogens (primary N) is 1. The van der Waals surface area contributed by atoms with Gasteiger partial charge in [-0.05, 0) is 38.0 Å². The third-order valence-corrected chi connectivity index (χ3v) is 6.40. The molecule has 3 heterocycles. The van der Waals surface area contributed by atoms with Crippen LogP contribution in [0, 0.1) is 6.92 Å². The Balaban J connectivity index is 1.77. The fourth-order valence-electron chi connectivity index (χ4n) is 2.92. The number of thiophene rings is 1. The van der Waals surface area contributed by atoms with Crippen LogP contribution in [0.1, 0.15) is 33.8 Å². The van der Waals surface area contributed by atoms with E-state index in [0.29, 0.717) is 6.04 Å². The summed E-state index contributed by atoms with van der Waals surface area (Å²) in [6, 6.07) is 2.17. The zero-order valence-electron chi connectivity index (χ0n) is 12.3. The Bertz CT molecular complexity index is 486. The van der Waals surface area contributed by atoms with E-state index < -0.39 is 0 Å². The summed E-state index contributed by atoms with van der Waals surface area (Å²) in [5.41, 5.74) is 6.63. The Hall–Kier alpha value is -0.720. The molecule has 0 radical (unpaired) electrons. The standard InChI is InChI=1S/C15H22N2O2S2/c1-10-13(16)7-14(21-10)15(18)17(11-4-6-20-9-11)8-12-3-2-5-19-12/h7,11-12H,2-6,8-9,16H2,1H3. The highest BCUT2D eigenvalue weighted by molar-refractivity contribution is 7.99. The molecule has 1 aromatic rings. The Morgan fingerprint density at radius 1 is 1.52 bits per heavy atom. The van der Waals surface area contributed by atoms with E-state index in [1.165, 1.54) is 11.3 Å². The predicted octanol–water partition coefficient (Wildman–Crippen LogP) is 2.77. The van der Waals surface area contributed by atoms with Crippen molar-refractivity contribution >= 4 is 34.7 Å². The van der Waals surface area contributed by atoms with Crippen molar-refractivity contribution in [2.24, 2.45) is 0 Å². The first-order chi connectivity index (χ1) is 10.1. The van der Waals surface area contributed by atoms with E-state index in [2.05, 4.69) is 0 Å². The molecule has 0 saturated carbocycles. The maximum absolute atomic E-state index is 12.9. The molecule has 2 aliphatic heterocycles. The number of amides is 1. The quantitative estimate of drug-likeness (QED) is 0.924. The molecule has 0 spiro atoms. The molecule has 1 amide bonds. The molecule has 0 bridgehead atoms. The minimum absolute atomic E-state index is 0.128. The first-order valence-electron chi connectivity index (χ1n) is 7.51. The molecule has 116 valence electrons. The van der Waals surface area contributed by atoms with Crippen LogP contribution in [-0.4, -0.2) is 47.6 Å². The minimum Gasteiger partial charge on any atom is -0.398 e. The lowest BCUT2D eigenvalue weighted by atomic mass is 10.1. The largest absolute Gasteiger partial charge is 0.398 e. The predicted molar refractivity (Wildman–Crippen MR) is 89.2 cm³/mol. The fraction of sp³-hybridized carbons (Fsp3) is 0.667. The molecule has 2 N–H and O–H groups in total. The van der Waals surface area contributed by atoms with Crippen LogP contribution in [0.5, 0.6) is 0 Å². The van der Waals surface area contributed by atoms with Gasteiger partial charge in [0.2, 0.25) is 0 Å². The SMILES string of the molecule is Cc1sc(C(=O)N(CC2CCCO2)C2CCSC2)cc1N. The second kappa shape index (κ2) is 6.58. The molecule has 2 aliphatic rings. The number of aryl methyl sites for hydroxylation is 1. The van der Waals surface area contributed by atoms with Gasteiger partial charge in [-0.25, -0.2) is 0 Å². The smallest absolute Gasteiger partial charge is 0.264 e. The number of carbonyl (C=O) groups excluding carboxylic acids is 1. The monoisotopic (exact) mass is 326 g/mol. The average Bonchev–Trinajstić information content (AvgIpc) is 3.19. The third-order valence-electron chi connectivity index (χ3n) is 4.20. The molecule has 2 unspecified atom stereocenters. The molecule has 4 nitrogen and oxygen atoms in total. The van der Waals surface area contributed by atoms with Gasteiger partial charge < -0.3 is 15.4 Å². The lowest BCUT2D eigenvalue weighted by molar-refractivity contribution is 0.0445. The van der Waals surface area contributed by atoms with Crippen LogP contribution in [0.15, 0.2) is 6.07 Å². The van der Waals surface area contributed by atoms with Crippen molar-refractivity contribution in [2.75, 3.05) is 30.4 Å². The molecule has 0 aromatic carbocycles. The van der Waals surface area contributed by atoms with E-state index in [1.807, 2.05) is 29.7 Å². The van der Waals surface area contributed by atoms with Crippen LogP contribution in [0.3, 0.4) is 0 Å². The van der Waals surface area contributed by atoms with E-state index in [1.54, 1.807) is 0 Å². The molecule has 6 heteroatoms. The summed E-state index contributed by atoms with van der Waals surface area (Å²) in [5, 5.41) is 0. The average molecular weight is 326 g/mol. The highest BCUT2D eigenvalue weighted by Gasteiger charge is 2.32. The van der Waals surface area contributed by atoms with E-state index in [-0.39, 0.29) is 12.0 Å². The van der Waals surface area contributed by atoms with Crippen LogP contribution in [0.4, 0.5) is 5.69 Å². The Morgan fingerprint density at radius 3 is 2.95 bits per heavy atom. The molecule has 2 fully saturated rings. The van der Waals surface area contributed by atoms with Gasteiger partial charge in [0.25, 0.3) is 5.91 Å². The van der Waals surface area contributed by atoms with Gasteiger partial charge in [-0.1, -0.05) is 0 Å². The molecule has 3 rings (SSSR count). The van der Waals surface area contributed by atoms with E-state index in [9.17, 15) is 4.79 Å². The number of thioether (sulfide) groups is 1. The Labute approximate surface area is 134 Å². The number of anilines is 1. The Morgan fingerprint density at radius 2 is 2.38 bits per heavy atom. The van der Waals surface area contributed by atoms with E-state index >= 15 is 0 Å². The summed E-state index contributed by atoms with van der Waals surface area (Å²) in [7, 11) is 0. The highest BCUT2D eigenvalue weighted by atomic mass is 32.2. The number of nitrogen functional groups attached to an aromatic ring is 1. The topological polar surface area (TPSA) is 55.6 Å². The van der Waals surface area contributed by atoms with Crippen LogP contribution >= 0.6 is 23.1 Å². The highest BCUT2D eigenvalue weighted by Crippen LogP contribution is 2.29. The van der Waals surface area contributed by atoms with Crippen molar-refractivity contribution in [3.8, 4) is 0 Å². The number of ether oxygens (including phenoxy) is 1. The first kappa shape index (κ1) is 15.2. The summed E-state index contributed by atoms with van der Waals surface area (Å²) in [6.07, 6.45) is 3.47. The van der Waals surface area contributed by atoms with Crippen molar-refractivity contribution in [3.63, 3.8) is 0 Å². The van der Waals surface area contributed by atoms with Crippen LogP contribution in [-0.2, 0) is 4.74 Å². The van der Waals surface area contributed by atoms with Crippen molar-refractivity contribution in [1.82, 2.24) is 4.90 Å². The van der Waals surface area contributed by atoms with Crippen molar-refractivity contribution < 1.29 is 9.53 Å². The molecule has 2 saturated heterocycles. The fourth-order valence-corrected chi connectivity index (χ4v) is 5.04. The maximum Gasteiger partial charge on any atom is 0.264 e. The summed E-state index contributed by atoms with van der Waals surface area (Å²) in [4.78, 5) is 16.7. The zero-order chi connectivity index (χ0) is 14.8. The van der Waals surface area contributed by atoms with Crippen LogP contribution < -0.4 is 5.73 Å². The zero-order valence-corrected chi connectivity index (χ0v) is 14.0. The maximum atomic E-state index is 12.9. The van der Waals surface area contributed by atoms with Gasteiger partial charge in [-0.2, -0.15) is 11.8 Å². The third kappa shape index (κ3) is 3.38. The summed E-state index contributed by atoms with van der Waals surface area (Å²) in [6.45, 7) is 3.52. The van der Waals surface area contributed by atoms with Crippen LogP contribution in [0.2, 0.25) is 0 Å². The van der Waals surface area contributed by atoms with Gasteiger partial charge in [0, 0.05) is 35.5 Å². The molecular weight excluding hydrogens is 304 g/mol. The Kier molecular flexibility index (Phi) is 4.76. The van der Waals surface area contributed by atoms with Gasteiger partial charge in [0.05, 0.1) is 11.0 Å². The number of carbonyl (C=O) groups is 1.